The molecule has 0 radical (unpaired) electrons. The maximum Gasteiger partial charge on any atom is 0.333 e. The second-order valence-electron chi connectivity index (χ2n) is 14.0. The summed E-state index contributed by atoms with van der Waals surface area (Å²) in [4.78, 5) is 19.2. The molecule has 2 aromatic carbocycles. The van der Waals surface area contributed by atoms with Gasteiger partial charge in [0.05, 0.1) is 60.3 Å². The molecule has 1 fully saturated rings. The minimum atomic E-state index is -2.79. The topological polar surface area (TPSA) is 113 Å². The highest BCUT2D eigenvalue weighted by Gasteiger charge is 2.26. The molecule has 0 atom stereocenters. The number of methoxy groups -OCH3 is 1. The first-order chi connectivity index (χ1) is 25.5. The molecule has 1 aliphatic heterocycles. The van der Waals surface area contributed by atoms with Crippen molar-refractivity contribution < 1.29 is 23.0 Å². The van der Waals surface area contributed by atoms with Crippen LogP contribution >= 0.6 is 23.2 Å². The molecule has 0 bridgehead atoms. The molecule has 6 aromatic rings. The Hall–Kier alpha value is -4.35. The Balaban J connectivity index is 1.37. The number of benzene rings is 2. The van der Waals surface area contributed by atoms with E-state index >= 15 is 0 Å². The summed E-state index contributed by atoms with van der Waals surface area (Å²) in [6.07, 6.45) is 4.27. The van der Waals surface area contributed by atoms with E-state index in [0.29, 0.717) is 94.2 Å². The quantitative estimate of drug-likeness (QED) is 0.0818. The number of imidazole rings is 1. The minimum absolute atomic E-state index is 0.253. The third-order valence-corrected chi connectivity index (χ3v) is 11.4. The van der Waals surface area contributed by atoms with Gasteiger partial charge < -0.3 is 28.6 Å². The molecule has 18 heteroatoms. The lowest BCUT2D eigenvalue weighted by atomic mass is 10.2. The lowest BCUT2D eigenvalue weighted by Gasteiger charge is -2.29. The van der Waals surface area contributed by atoms with E-state index in [1.807, 2.05) is 39.8 Å². The normalized spacial score (nSPS) is 13.9. The van der Waals surface area contributed by atoms with Crippen molar-refractivity contribution in [2.24, 2.45) is 0 Å². The number of alkyl halides is 2. The molecular weight excluding hydrogens is 745 g/mol. The van der Waals surface area contributed by atoms with Crippen molar-refractivity contribution in [3.63, 3.8) is 0 Å². The summed E-state index contributed by atoms with van der Waals surface area (Å²) in [6, 6.07) is 12.4. The molecule has 13 nitrogen and oxygen atoms in total. The van der Waals surface area contributed by atoms with Crippen LogP contribution in [0, 0.1) is 0 Å². The van der Waals surface area contributed by atoms with Gasteiger partial charge in [-0.3, -0.25) is 0 Å². The Morgan fingerprint density at radius 1 is 0.962 bits per heavy atom. The molecule has 0 spiro atoms. The van der Waals surface area contributed by atoms with Gasteiger partial charge in [-0.2, -0.15) is 33.5 Å². The Labute approximate surface area is 316 Å². The average Bonchev–Trinajstić information content (AvgIpc) is 3.88. The van der Waals surface area contributed by atoms with Gasteiger partial charge in [-0.05, 0) is 35.9 Å². The Kier molecular flexibility index (Phi) is 10.9. The second-order valence-corrected chi connectivity index (χ2v) is 20.4. The standard InChI is InChI=1S/C35H40Cl2F2N10O3Si/c1-50-25-7-5-23(6-8-25)19-46(21-31-42-29-15-27(36)28(37)16-30(29)47(31)22-52-13-14-53(2,3)4)35-44-34(45-9-11-51-12-10-45)43-32-26(18-41-49(32)35)24-17-40-48(20-24)33(38)39/h5-8,15-18,20,33H,9-14,19,21-22H2,1-4H3. The van der Waals surface area contributed by atoms with E-state index in [4.69, 9.17) is 57.5 Å². The summed E-state index contributed by atoms with van der Waals surface area (Å²) >= 11 is 13.0. The maximum absolute atomic E-state index is 13.6. The first kappa shape index (κ1) is 37.0. The Morgan fingerprint density at radius 3 is 2.42 bits per heavy atom. The predicted octanol–water partition coefficient (Wildman–Crippen LogP) is 7.40. The van der Waals surface area contributed by atoms with Crippen molar-refractivity contribution in [3.8, 4) is 16.9 Å². The number of aromatic nitrogens is 8. The summed E-state index contributed by atoms with van der Waals surface area (Å²) < 4.78 is 48.7. The summed E-state index contributed by atoms with van der Waals surface area (Å²) in [5.41, 5.74) is 3.85. The van der Waals surface area contributed by atoms with Crippen LogP contribution in [0.1, 0.15) is 17.9 Å². The molecule has 7 rings (SSSR count). The maximum atomic E-state index is 13.6. The second kappa shape index (κ2) is 15.6. The number of nitrogens with zero attached hydrogens (tertiary/aromatic N) is 10. The van der Waals surface area contributed by atoms with Crippen molar-refractivity contribution >= 4 is 59.9 Å². The third kappa shape index (κ3) is 8.26. The van der Waals surface area contributed by atoms with Crippen LogP contribution in [0.3, 0.4) is 0 Å². The van der Waals surface area contributed by atoms with Crippen molar-refractivity contribution in [1.82, 2.24) is 38.9 Å². The van der Waals surface area contributed by atoms with E-state index in [2.05, 4.69) is 29.6 Å². The number of anilines is 2. The van der Waals surface area contributed by atoms with E-state index in [9.17, 15) is 8.78 Å². The van der Waals surface area contributed by atoms with Gasteiger partial charge in [-0.25, -0.2) is 9.67 Å². The number of hydrogen-bond acceptors (Lipinski definition) is 10. The van der Waals surface area contributed by atoms with Crippen LogP contribution in [0.25, 0.3) is 27.8 Å². The number of halogens is 4. The number of morpholine rings is 1. The molecule has 0 saturated carbocycles. The number of hydrogen-bond donors (Lipinski definition) is 0. The molecule has 280 valence electrons. The number of fused-ring (bicyclic) bond motifs is 2. The molecule has 0 aliphatic carbocycles. The van der Waals surface area contributed by atoms with Gasteiger partial charge in [0, 0.05) is 51.6 Å². The summed E-state index contributed by atoms with van der Waals surface area (Å²) in [7, 11) is 0.286. The predicted molar refractivity (Wildman–Crippen MR) is 203 cm³/mol. The molecule has 0 N–H and O–H groups in total. The first-order valence-electron chi connectivity index (χ1n) is 17.2. The van der Waals surface area contributed by atoms with Gasteiger partial charge >= 0.3 is 6.55 Å². The van der Waals surface area contributed by atoms with Crippen LogP contribution in [0.2, 0.25) is 35.7 Å². The Bertz CT molecular complexity index is 2200. The highest BCUT2D eigenvalue weighted by Crippen LogP contribution is 2.32. The van der Waals surface area contributed by atoms with E-state index < -0.39 is 14.6 Å². The Morgan fingerprint density at radius 2 is 1.72 bits per heavy atom. The molecule has 1 saturated heterocycles. The van der Waals surface area contributed by atoms with E-state index in [1.54, 1.807) is 23.9 Å². The average molecular weight is 786 g/mol. The van der Waals surface area contributed by atoms with Crippen LogP contribution in [0.4, 0.5) is 20.7 Å². The zero-order valence-electron chi connectivity index (χ0n) is 29.8. The molecular formula is C35H40Cl2F2N10O3Si. The van der Waals surface area contributed by atoms with Crippen molar-refractivity contribution in [1.29, 1.82) is 0 Å². The molecule has 5 heterocycles. The molecule has 0 amide bonds. The van der Waals surface area contributed by atoms with Gasteiger partial charge in [0.2, 0.25) is 11.9 Å². The zero-order valence-corrected chi connectivity index (χ0v) is 32.4. The van der Waals surface area contributed by atoms with Crippen LogP contribution in [0.5, 0.6) is 5.75 Å². The van der Waals surface area contributed by atoms with Crippen LogP contribution in [-0.2, 0) is 29.3 Å². The molecule has 0 unspecified atom stereocenters. The minimum Gasteiger partial charge on any atom is -0.497 e. The summed E-state index contributed by atoms with van der Waals surface area (Å²) in [5.74, 6) is 2.34. The van der Waals surface area contributed by atoms with Gasteiger partial charge in [0.1, 0.15) is 18.3 Å². The van der Waals surface area contributed by atoms with Crippen molar-refractivity contribution in [2.75, 3.05) is 49.8 Å². The summed E-state index contributed by atoms with van der Waals surface area (Å²) in [5, 5.41) is 9.39. The van der Waals surface area contributed by atoms with Crippen molar-refractivity contribution in [2.45, 2.75) is 52.1 Å². The van der Waals surface area contributed by atoms with Gasteiger partial charge in [-0.15, -0.1) is 0 Å². The fourth-order valence-corrected chi connectivity index (χ4v) is 7.11. The van der Waals surface area contributed by atoms with Crippen LogP contribution < -0.4 is 14.5 Å². The van der Waals surface area contributed by atoms with Gasteiger partial charge in [0.15, 0.2) is 5.65 Å². The number of rotatable bonds is 14. The van der Waals surface area contributed by atoms with Gasteiger partial charge in [-0.1, -0.05) is 55.0 Å². The first-order valence-corrected chi connectivity index (χ1v) is 21.6. The fourth-order valence-electron chi connectivity index (χ4n) is 6.04. The number of ether oxygens (including phenoxy) is 3. The highest BCUT2D eigenvalue weighted by atomic mass is 35.5. The smallest absolute Gasteiger partial charge is 0.333 e. The van der Waals surface area contributed by atoms with Crippen LogP contribution in [0.15, 0.2) is 55.0 Å². The van der Waals surface area contributed by atoms with E-state index in [1.165, 1.54) is 12.4 Å². The SMILES string of the molecule is COc1ccc(CN(Cc2nc3cc(Cl)c(Cl)cc3n2COCC[Si](C)(C)C)c2nc(N3CCOCC3)nc3c(-c4cnn(C(F)F)c4)cnn23)cc1. The van der Waals surface area contributed by atoms with Crippen LogP contribution in [-0.4, -0.2) is 87.0 Å². The monoisotopic (exact) mass is 784 g/mol. The lowest BCUT2D eigenvalue weighted by Crippen LogP contribution is -2.38. The molecule has 53 heavy (non-hydrogen) atoms. The van der Waals surface area contributed by atoms with E-state index in [0.717, 1.165) is 22.9 Å². The van der Waals surface area contributed by atoms with Gasteiger partial charge in [0.25, 0.3) is 0 Å². The largest absolute Gasteiger partial charge is 0.497 e. The lowest BCUT2D eigenvalue weighted by molar-refractivity contribution is 0.0566. The molecule has 4 aromatic heterocycles. The molecule has 1 aliphatic rings. The van der Waals surface area contributed by atoms with E-state index in [-0.39, 0.29) is 13.3 Å². The zero-order chi connectivity index (χ0) is 37.3. The highest BCUT2D eigenvalue weighted by molar-refractivity contribution is 6.76. The summed E-state index contributed by atoms with van der Waals surface area (Å²) in [6.45, 7) is 7.84. The third-order valence-electron chi connectivity index (χ3n) is 8.98. The van der Waals surface area contributed by atoms with Crippen molar-refractivity contribution in [3.05, 3.63) is 76.4 Å². The fraction of sp³-hybridized carbons (Fsp3) is 0.400.